The summed E-state index contributed by atoms with van der Waals surface area (Å²) in [6.45, 7) is 6.57. The predicted molar refractivity (Wildman–Crippen MR) is 74.6 cm³/mol. The van der Waals surface area contributed by atoms with Crippen LogP contribution in [0.4, 0.5) is 5.00 Å². The lowest BCUT2D eigenvalue weighted by atomic mass is 10.4. The van der Waals surface area contributed by atoms with Gasteiger partial charge < -0.3 is 14.5 Å². The average Bonchev–Trinajstić information content (AvgIpc) is 2.74. The van der Waals surface area contributed by atoms with E-state index in [1.165, 1.54) is 22.8 Å². The summed E-state index contributed by atoms with van der Waals surface area (Å²) in [5.74, 6) is -0.208. The van der Waals surface area contributed by atoms with Crippen molar-refractivity contribution in [1.82, 2.24) is 4.90 Å². The van der Waals surface area contributed by atoms with Gasteiger partial charge in [-0.05, 0) is 39.1 Å². The number of thiophene rings is 1. The van der Waals surface area contributed by atoms with Crippen molar-refractivity contribution >= 4 is 22.3 Å². The summed E-state index contributed by atoms with van der Waals surface area (Å²) in [6.07, 6.45) is 1.17. The van der Waals surface area contributed by atoms with E-state index in [0.717, 1.165) is 26.2 Å². The molecule has 4 nitrogen and oxygen atoms in total. The molecule has 0 bridgehead atoms. The van der Waals surface area contributed by atoms with Crippen LogP contribution in [-0.2, 0) is 4.74 Å². The molecule has 0 spiro atoms. The lowest BCUT2D eigenvalue weighted by Gasteiger charge is -2.20. The first-order valence-corrected chi connectivity index (χ1v) is 7.23. The highest BCUT2D eigenvalue weighted by Crippen LogP contribution is 2.27. The van der Waals surface area contributed by atoms with Crippen LogP contribution >= 0.6 is 11.3 Å². The van der Waals surface area contributed by atoms with E-state index >= 15 is 0 Å². The lowest BCUT2D eigenvalue weighted by Crippen LogP contribution is -2.28. The van der Waals surface area contributed by atoms with Gasteiger partial charge in [-0.1, -0.05) is 0 Å². The third-order valence-corrected chi connectivity index (χ3v) is 4.23. The first-order valence-electron chi connectivity index (χ1n) is 6.41. The molecule has 1 aromatic heterocycles. The normalized spacial score (nSPS) is 17.6. The largest absolute Gasteiger partial charge is 0.462 e. The van der Waals surface area contributed by atoms with Crippen molar-refractivity contribution in [2.24, 2.45) is 0 Å². The van der Waals surface area contributed by atoms with E-state index in [9.17, 15) is 4.79 Å². The molecule has 0 unspecified atom stereocenters. The Kier molecular flexibility index (Phi) is 4.60. The maximum atomic E-state index is 11.6. The Hall–Kier alpha value is -1.07. The third-order valence-electron chi connectivity index (χ3n) is 3.10. The standard InChI is InChI=1S/C13H20N2O2S/c1-3-17-13(16)11-5-6-12(18-11)15-8-4-7-14(2)9-10-15/h5-6H,3-4,7-10H2,1-2H3. The molecule has 5 heteroatoms. The minimum Gasteiger partial charge on any atom is -0.462 e. The van der Waals surface area contributed by atoms with Gasteiger partial charge in [0, 0.05) is 19.6 Å². The fourth-order valence-corrected chi connectivity index (χ4v) is 3.03. The van der Waals surface area contributed by atoms with E-state index in [4.69, 9.17) is 4.74 Å². The summed E-state index contributed by atoms with van der Waals surface area (Å²) >= 11 is 1.53. The van der Waals surface area contributed by atoms with Gasteiger partial charge in [0.05, 0.1) is 11.6 Å². The molecule has 1 aromatic rings. The van der Waals surface area contributed by atoms with Gasteiger partial charge >= 0.3 is 5.97 Å². The number of esters is 1. The lowest BCUT2D eigenvalue weighted by molar-refractivity contribution is 0.0532. The highest BCUT2D eigenvalue weighted by atomic mass is 32.1. The predicted octanol–water partition coefficient (Wildman–Crippen LogP) is 2.07. The molecule has 0 atom stereocenters. The van der Waals surface area contributed by atoms with Crippen molar-refractivity contribution < 1.29 is 9.53 Å². The number of likely N-dealkylation sites (N-methyl/N-ethyl adjacent to an activating group) is 1. The van der Waals surface area contributed by atoms with E-state index < -0.39 is 0 Å². The number of carbonyl (C=O) groups excluding carboxylic acids is 1. The highest BCUT2D eigenvalue weighted by molar-refractivity contribution is 7.17. The van der Waals surface area contributed by atoms with Gasteiger partial charge in [-0.25, -0.2) is 4.79 Å². The Morgan fingerprint density at radius 1 is 1.33 bits per heavy atom. The fourth-order valence-electron chi connectivity index (χ4n) is 2.08. The summed E-state index contributed by atoms with van der Waals surface area (Å²) in [6, 6.07) is 3.90. The number of rotatable bonds is 3. The molecular weight excluding hydrogens is 248 g/mol. The second-order valence-corrected chi connectivity index (χ2v) is 5.56. The molecular formula is C13H20N2O2S. The zero-order valence-corrected chi connectivity index (χ0v) is 11.8. The first-order chi connectivity index (χ1) is 8.70. The Morgan fingerprint density at radius 3 is 2.94 bits per heavy atom. The van der Waals surface area contributed by atoms with Gasteiger partial charge in [0.15, 0.2) is 0 Å². The second-order valence-electron chi connectivity index (χ2n) is 4.50. The van der Waals surface area contributed by atoms with Gasteiger partial charge in [-0.15, -0.1) is 11.3 Å². The highest BCUT2D eigenvalue weighted by Gasteiger charge is 2.16. The van der Waals surface area contributed by atoms with Crippen LogP contribution in [0, 0.1) is 0 Å². The van der Waals surface area contributed by atoms with Crippen molar-refractivity contribution in [3.05, 3.63) is 17.0 Å². The number of hydrogen-bond acceptors (Lipinski definition) is 5. The Balaban J connectivity index is 2.02. The summed E-state index contributed by atoms with van der Waals surface area (Å²) in [4.78, 5) is 17.0. The van der Waals surface area contributed by atoms with Crippen LogP contribution in [0.25, 0.3) is 0 Å². The molecule has 100 valence electrons. The molecule has 2 heterocycles. The van der Waals surface area contributed by atoms with Crippen molar-refractivity contribution in [3.63, 3.8) is 0 Å². The minimum atomic E-state index is -0.208. The van der Waals surface area contributed by atoms with Crippen LogP contribution in [0.15, 0.2) is 12.1 Å². The van der Waals surface area contributed by atoms with Gasteiger partial charge in [0.25, 0.3) is 0 Å². The molecule has 0 radical (unpaired) electrons. The number of nitrogens with zero attached hydrogens (tertiary/aromatic N) is 2. The van der Waals surface area contributed by atoms with Gasteiger partial charge in [-0.3, -0.25) is 0 Å². The third kappa shape index (κ3) is 3.23. The van der Waals surface area contributed by atoms with Crippen LogP contribution in [0.1, 0.15) is 23.0 Å². The van der Waals surface area contributed by atoms with Crippen LogP contribution in [-0.4, -0.2) is 50.7 Å². The van der Waals surface area contributed by atoms with Crippen LogP contribution in [0.2, 0.25) is 0 Å². The Morgan fingerprint density at radius 2 is 2.17 bits per heavy atom. The average molecular weight is 268 g/mol. The molecule has 0 amide bonds. The van der Waals surface area contributed by atoms with E-state index in [1.54, 1.807) is 0 Å². The maximum Gasteiger partial charge on any atom is 0.348 e. The van der Waals surface area contributed by atoms with Crippen molar-refractivity contribution in [2.45, 2.75) is 13.3 Å². The quantitative estimate of drug-likeness (QED) is 0.786. The topological polar surface area (TPSA) is 32.8 Å². The first kappa shape index (κ1) is 13.4. The maximum absolute atomic E-state index is 11.6. The molecule has 0 saturated carbocycles. The zero-order valence-electron chi connectivity index (χ0n) is 11.0. The molecule has 1 fully saturated rings. The molecule has 0 aliphatic carbocycles. The SMILES string of the molecule is CCOC(=O)c1ccc(N2CCCN(C)CC2)s1. The van der Waals surface area contributed by atoms with E-state index in [2.05, 4.69) is 16.8 Å². The molecule has 0 N–H and O–H groups in total. The van der Waals surface area contributed by atoms with Crippen molar-refractivity contribution in [1.29, 1.82) is 0 Å². The van der Waals surface area contributed by atoms with Crippen molar-refractivity contribution in [2.75, 3.05) is 44.7 Å². The summed E-state index contributed by atoms with van der Waals surface area (Å²) in [5.41, 5.74) is 0. The van der Waals surface area contributed by atoms with Crippen molar-refractivity contribution in [3.8, 4) is 0 Å². The van der Waals surface area contributed by atoms with E-state index in [0.29, 0.717) is 11.5 Å². The fraction of sp³-hybridized carbons (Fsp3) is 0.615. The molecule has 0 aromatic carbocycles. The van der Waals surface area contributed by atoms with Crippen LogP contribution < -0.4 is 4.90 Å². The van der Waals surface area contributed by atoms with Gasteiger partial charge in [-0.2, -0.15) is 0 Å². The van der Waals surface area contributed by atoms with Crippen LogP contribution in [0.5, 0.6) is 0 Å². The number of ether oxygens (including phenoxy) is 1. The molecule has 1 aliphatic rings. The zero-order chi connectivity index (χ0) is 13.0. The van der Waals surface area contributed by atoms with Crippen LogP contribution in [0.3, 0.4) is 0 Å². The minimum absolute atomic E-state index is 0.208. The smallest absolute Gasteiger partial charge is 0.348 e. The molecule has 18 heavy (non-hydrogen) atoms. The monoisotopic (exact) mass is 268 g/mol. The number of anilines is 1. The Labute approximate surface area is 112 Å². The summed E-state index contributed by atoms with van der Waals surface area (Å²) in [7, 11) is 2.15. The van der Waals surface area contributed by atoms with E-state index in [-0.39, 0.29) is 5.97 Å². The summed E-state index contributed by atoms with van der Waals surface area (Å²) < 4.78 is 5.02. The Bertz CT molecular complexity index is 405. The molecule has 1 aliphatic heterocycles. The van der Waals surface area contributed by atoms with E-state index in [1.807, 2.05) is 19.1 Å². The number of carbonyl (C=O) groups is 1. The molecule has 2 rings (SSSR count). The molecule has 1 saturated heterocycles. The van der Waals surface area contributed by atoms with Gasteiger partial charge in [0.1, 0.15) is 4.88 Å². The second kappa shape index (κ2) is 6.20. The summed E-state index contributed by atoms with van der Waals surface area (Å²) in [5, 5.41) is 1.17. The number of hydrogen-bond donors (Lipinski definition) is 0. The van der Waals surface area contributed by atoms with Gasteiger partial charge in [0.2, 0.25) is 0 Å².